The molecule has 1 aliphatic heterocycles. The second-order valence-electron chi connectivity index (χ2n) is 4.21. The molecule has 0 amide bonds. The highest BCUT2D eigenvalue weighted by atomic mass is 16.4. The monoisotopic (exact) mass is 199 g/mol. The van der Waals surface area contributed by atoms with Gasteiger partial charge in [0.25, 0.3) is 0 Å². The van der Waals surface area contributed by atoms with Crippen molar-refractivity contribution in [2.45, 2.75) is 26.8 Å². The first-order valence-corrected chi connectivity index (χ1v) is 4.89. The summed E-state index contributed by atoms with van der Waals surface area (Å²) in [7, 11) is 0. The third-order valence-electron chi connectivity index (χ3n) is 2.94. The zero-order valence-electron chi connectivity index (χ0n) is 8.86. The van der Waals surface area contributed by atoms with E-state index in [0.29, 0.717) is 13.1 Å². The molecule has 80 valence electrons. The molecular weight excluding hydrogens is 182 g/mol. The largest absolute Gasteiger partial charge is 0.481 e. The van der Waals surface area contributed by atoms with Crippen molar-refractivity contribution in [1.82, 2.24) is 4.90 Å². The average Bonchev–Trinajstić information content (AvgIpc) is 2.25. The predicted molar refractivity (Wildman–Crippen MR) is 52.0 cm³/mol. The Hall–Kier alpha value is -0.900. The number of carbonyl (C=O) groups excluding carboxylic acids is 1. The number of nitrogens with zero attached hydrogens (tertiary/aromatic N) is 1. The van der Waals surface area contributed by atoms with Crippen LogP contribution in [0, 0.1) is 11.8 Å². The Labute approximate surface area is 83.9 Å². The summed E-state index contributed by atoms with van der Waals surface area (Å²) in [4.78, 5) is 23.8. The SMILES string of the molecule is CC(=O)CN1CC(C)C(C(=O)O)C1C. The zero-order valence-corrected chi connectivity index (χ0v) is 8.86. The van der Waals surface area contributed by atoms with Crippen LogP contribution < -0.4 is 0 Å². The molecular formula is C10H17NO3. The Bertz CT molecular complexity index is 252. The van der Waals surface area contributed by atoms with Crippen molar-refractivity contribution in [3.05, 3.63) is 0 Å². The van der Waals surface area contributed by atoms with Crippen LogP contribution in [0.3, 0.4) is 0 Å². The van der Waals surface area contributed by atoms with Gasteiger partial charge in [-0.2, -0.15) is 0 Å². The van der Waals surface area contributed by atoms with Gasteiger partial charge in [-0.3, -0.25) is 14.5 Å². The normalized spacial score (nSPS) is 33.2. The van der Waals surface area contributed by atoms with E-state index >= 15 is 0 Å². The summed E-state index contributed by atoms with van der Waals surface area (Å²) < 4.78 is 0. The number of Topliss-reactive ketones (excluding diaryl/α,β-unsaturated/α-hetero) is 1. The molecule has 1 saturated heterocycles. The van der Waals surface area contributed by atoms with Gasteiger partial charge in [0.15, 0.2) is 0 Å². The maximum absolute atomic E-state index is 10.9. The average molecular weight is 199 g/mol. The molecule has 4 nitrogen and oxygen atoms in total. The minimum Gasteiger partial charge on any atom is -0.481 e. The quantitative estimate of drug-likeness (QED) is 0.723. The van der Waals surface area contributed by atoms with E-state index in [1.807, 2.05) is 18.7 Å². The van der Waals surface area contributed by atoms with Gasteiger partial charge < -0.3 is 5.11 Å². The van der Waals surface area contributed by atoms with Gasteiger partial charge in [0.05, 0.1) is 12.5 Å². The van der Waals surface area contributed by atoms with Crippen LogP contribution in [0.15, 0.2) is 0 Å². The number of carboxylic acid groups (broad SMARTS) is 1. The predicted octanol–water partition coefficient (Wildman–Crippen LogP) is 0.616. The third kappa shape index (κ3) is 2.12. The van der Waals surface area contributed by atoms with Crippen LogP contribution in [0.5, 0.6) is 0 Å². The fourth-order valence-electron chi connectivity index (χ4n) is 2.30. The summed E-state index contributed by atoms with van der Waals surface area (Å²) in [6.45, 7) is 6.42. The molecule has 0 aromatic heterocycles. The van der Waals surface area contributed by atoms with Gasteiger partial charge in [-0.15, -0.1) is 0 Å². The van der Waals surface area contributed by atoms with Crippen molar-refractivity contribution in [2.24, 2.45) is 11.8 Å². The molecule has 0 spiro atoms. The molecule has 1 rings (SSSR count). The van der Waals surface area contributed by atoms with Gasteiger partial charge in [0, 0.05) is 12.6 Å². The van der Waals surface area contributed by atoms with E-state index in [1.54, 1.807) is 0 Å². The van der Waals surface area contributed by atoms with E-state index in [2.05, 4.69) is 0 Å². The highest BCUT2D eigenvalue weighted by molar-refractivity contribution is 5.78. The summed E-state index contributed by atoms with van der Waals surface area (Å²) in [6.07, 6.45) is 0. The molecule has 1 fully saturated rings. The third-order valence-corrected chi connectivity index (χ3v) is 2.94. The minimum absolute atomic E-state index is 0.0357. The number of carboxylic acids is 1. The molecule has 1 heterocycles. The number of hydrogen-bond acceptors (Lipinski definition) is 3. The molecule has 0 saturated carbocycles. The summed E-state index contributed by atoms with van der Waals surface area (Å²) in [5.74, 6) is -0.873. The van der Waals surface area contributed by atoms with Crippen LogP contribution >= 0.6 is 0 Å². The lowest BCUT2D eigenvalue weighted by Crippen LogP contribution is -2.36. The Morgan fingerprint density at radius 3 is 2.36 bits per heavy atom. The van der Waals surface area contributed by atoms with Crippen LogP contribution in [0.1, 0.15) is 20.8 Å². The molecule has 0 aromatic carbocycles. The Kier molecular flexibility index (Phi) is 3.26. The number of carbonyl (C=O) groups is 2. The van der Waals surface area contributed by atoms with E-state index in [9.17, 15) is 9.59 Å². The van der Waals surface area contributed by atoms with Crippen LogP contribution in [0.2, 0.25) is 0 Å². The van der Waals surface area contributed by atoms with Gasteiger partial charge >= 0.3 is 5.97 Å². The van der Waals surface area contributed by atoms with Gasteiger partial charge in [-0.25, -0.2) is 0 Å². The van der Waals surface area contributed by atoms with Gasteiger partial charge in [-0.1, -0.05) is 6.92 Å². The molecule has 0 aromatic rings. The topological polar surface area (TPSA) is 57.6 Å². The maximum Gasteiger partial charge on any atom is 0.308 e. The van der Waals surface area contributed by atoms with E-state index < -0.39 is 5.97 Å². The minimum atomic E-state index is -0.754. The van der Waals surface area contributed by atoms with Crippen LogP contribution in [0.4, 0.5) is 0 Å². The van der Waals surface area contributed by atoms with Crippen molar-refractivity contribution < 1.29 is 14.7 Å². The van der Waals surface area contributed by atoms with Gasteiger partial charge in [0.1, 0.15) is 5.78 Å². The molecule has 1 aliphatic rings. The lowest BCUT2D eigenvalue weighted by Gasteiger charge is -2.21. The van der Waals surface area contributed by atoms with Crippen molar-refractivity contribution in [3.8, 4) is 0 Å². The maximum atomic E-state index is 10.9. The van der Waals surface area contributed by atoms with Crippen molar-refractivity contribution in [1.29, 1.82) is 0 Å². The second kappa shape index (κ2) is 4.09. The summed E-state index contributed by atoms with van der Waals surface area (Å²) in [5, 5.41) is 8.99. The molecule has 0 bridgehead atoms. The zero-order chi connectivity index (χ0) is 10.9. The molecule has 3 atom stereocenters. The summed E-state index contributed by atoms with van der Waals surface area (Å²) >= 11 is 0. The van der Waals surface area contributed by atoms with Crippen LogP contribution in [-0.2, 0) is 9.59 Å². The molecule has 0 aliphatic carbocycles. The lowest BCUT2D eigenvalue weighted by atomic mass is 9.93. The molecule has 3 unspecified atom stereocenters. The highest BCUT2D eigenvalue weighted by Gasteiger charge is 2.41. The lowest BCUT2D eigenvalue weighted by molar-refractivity contribution is -0.143. The van der Waals surface area contributed by atoms with E-state index in [4.69, 9.17) is 5.11 Å². The van der Waals surface area contributed by atoms with Crippen LogP contribution in [-0.4, -0.2) is 40.9 Å². The first-order valence-electron chi connectivity index (χ1n) is 4.89. The molecule has 4 heteroatoms. The van der Waals surface area contributed by atoms with Crippen molar-refractivity contribution >= 4 is 11.8 Å². The number of likely N-dealkylation sites (tertiary alicyclic amines) is 1. The first kappa shape index (κ1) is 11.2. The Morgan fingerprint density at radius 1 is 1.43 bits per heavy atom. The number of ketones is 1. The number of hydrogen-bond donors (Lipinski definition) is 1. The molecule has 1 N–H and O–H groups in total. The fourth-order valence-corrected chi connectivity index (χ4v) is 2.30. The van der Waals surface area contributed by atoms with Crippen molar-refractivity contribution in [2.75, 3.05) is 13.1 Å². The van der Waals surface area contributed by atoms with Gasteiger partial charge in [0.2, 0.25) is 0 Å². The Morgan fingerprint density at radius 2 is 2.00 bits per heavy atom. The fraction of sp³-hybridized carbons (Fsp3) is 0.800. The smallest absolute Gasteiger partial charge is 0.308 e. The van der Waals surface area contributed by atoms with E-state index in [-0.39, 0.29) is 23.7 Å². The number of rotatable bonds is 3. The molecule has 0 radical (unpaired) electrons. The molecule has 14 heavy (non-hydrogen) atoms. The van der Waals surface area contributed by atoms with E-state index in [1.165, 1.54) is 6.92 Å². The van der Waals surface area contributed by atoms with Crippen molar-refractivity contribution in [3.63, 3.8) is 0 Å². The first-order chi connectivity index (χ1) is 6.43. The van der Waals surface area contributed by atoms with Crippen LogP contribution in [0.25, 0.3) is 0 Å². The number of aliphatic carboxylic acids is 1. The second-order valence-corrected chi connectivity index (χ2v) is 4.21. The summed E-state index contributed by atoms with van der Waals surface area (Å²) in [6, 6.07) is -0.0357. The summed E-state index contributed by atoms with van der Waals surface area (Å²) in [5.41, 5.74) is 0. The van der Waals surface area contributed by atoms with Gasteiger partial charge in [-0.05, 0) is 19.8 Å². The highest BCUT2D eigenvalue weighted by Crippen LogP contribution is 2.29. The standard InChI is InChI=1S/C10H17NO3/c1-6-4-11(5-7(2)12)8(3)9(6)10(13)14/h6,8-9H,4-5H2,1-3H3,(H,13,14). The van der Waals surface area contributed by atoms with E-state index in [0.717, 1.165) is 0 Å². The Balaban J connectivity index is 2.68.